The third-order valence-corrected chi connectivity index (χ3v) is 8.86. The SMILES string of the molecule is COc1nc2c(NC3CCN(c4cccc(F)c4F)CC3)c3c(nc2cc1OCCCN1CCC(C)C1)CCCC3. The van der Waals surface area contributed by atoms with Crippen molar-refractivity contribution < 1.29 is 18.3 Å². The van der Waals surface area contributed by atoms with Crippen molar-refractivity contribution in [2.24, 2.45) is 5.92 Å². The average molecular weight is 566 g/mol. The summed E-state index contributed by atoms with van der Waals surface area (Å²) >= 11 is 0. The molecule has 2 saturated heterocycles. The Morgan fingerprint density at radius 2 is 1.88 bits per heavy atom. The van der Waals surface area contributed by atoms with Gasteiger partial charge in [0.25, 0.3) is 5.88 Å². The first-order chi connectivity index (χ1) is 20.0. The molecular formula is C32H41F2N5O2. The molecule has 3 aliphatic rings. The fourth-order valence-electron chi connectivity index (χ4n) is 6.62. The highest BCUT2D eigenvalue weighted by molar-refractivity contribution is 5.91. The number of piperidine rings is 1. The minimum atomic E-state index is -0.803. The predicted octanol–water partition coefficient (Wildman–Crippen LogP) is 5.99. The summed E-state index contributed by atoms with van der Waals surface area (Å²) in [6.45, 7) is 7.60. The molecule has 1 aliphatic carbocycles. The molecule has 1 N–H and O–H groups in total. The summed E-state index contributed by atoms with van der Waals surface area (Å²) in [5.74, 6) is 0.318. The van der Waals surface area contributed by atoms with E-state index in [0.717, 1.165) is 85.9 Å². The van der Waals surface area contributed by atoms with Crippen molar-refractivity contribution in [2.45, 2.75) is 64.3 Å². The lowest BCUT2D eigenvalue weighted by molar-refractivity contribution is 0.249. The lowest BCUT2D eigenvalue weighted by Crippen LogP contribution is -2.40. The number of anilines is 2. The van der Waals surface area contributed by atoms with E-state index < -0.39 is 11.6 Å². The predicted molar refractivity (Wildman–Crippen MR) is 158 cm³/mol. The van der Waals surface area contributed by atoms with Crippen LogP contribution in [0, 0.1) is 17.6 Å². The zero-order chi connectivity index (χ0) is 28.3. The maximum atomic E-state index is 14.4. The molecule has 0 amide bonds. The van der Waals surface area contributed by atoms with Crippen LogP contribution in [0.1, 0.15) is 56.7 Å². The van der Waals surface area contributed by atoms with Gasteiger partial charge in [-0.1, -0.05) is 13.0 Å². The summed E-state index contributed by atoms with van der Waals surface area (Å²) in [4.78, 5) is 14.4. The molecule has 7 nitrogen and oxygen atoms in total. The van der Waals surface area contributed by atoms with Gasteiger partial charge < -0.3 is 24.6 Å². The number of ether oxygens (including phenoxy) is 2. The monoisotopic (exact) mass is 565 g/mol. The molecule has 1 aromatic carbocycles. The first-order valence-corrected chi connectivity index (χ1v) is 15.2. The van der Waals surface area contributed by atoms with E-state index in [1.54, 1.807) is 19.2 Å². The fourth-order valence-corrected chi connectivity index (χ4v) is 6.62. The van der Waals surface area contributed by atoms with Gasteiger partial charge in [-0.25, -0.2) is 13.8 Å². The zero-order valence-electron chi connectivity index (χ0n) is 24.2. The van der Waals surface area contributed by atoms with Crippen molar-refractivity contribution in [1.82, 2.24) is 14.9 Å². The van der Waals surface area contributed by atoms with Gasteiger partial charge in [0.05, 0.1) is 30.6 Å². The number of pyridine rings is 2. The van der Waals surface area contributed by atoms with Gasteiger partial charge >= 0.3 is 0 Å². The number of fused-ring (bicyclic) bond motifs is 2. The van der Waals surface area contributed by atoms with Crippen LogP contribution in [0.2, 0.25) is 0 Å². The third-order valence-electron chi connectivity index (χ3n) is 8.86. The summed E-state index contributed by atoms with van der Waals surface area (Å²) in [5.41, 5.74) is 5.37. The fraction of sp³-hybridized carbons (Fsp3) is 0.562. The maximum absolute atomic E-state index is 14.4. The van der Waals surface area contributed by atoms with Gasteiger partial charge in [0, 0.05) is 44.0 Å². The Morgan fingerprint density at radius 3 is 2.66 bits per heavy atom. The Labute approximate surface area is 241 Å². The smallest absolute Gasteiger partial charge is 0.257 e. The number of nitrogens with one attached hydrogen (secondary N) is 1. The second-order valence-corrected chi connectivity index (χ2v) is 11.9. The number of halogens is 2. The number of hydrogen-bond acceptors (Lipinski definition) is 7. The normalized spacial score (nSPS) is 19.9. The summed E-state index contributed by atoms with van der Waals surface area (Å²) in [5, 5.41) is 3.81. The highest BCUT2D eigenvalue weighted by Crippen LogP contribution is 2.38. The number of aromatic nitrogens is 2. The lowest BCUT2D eigenvalue weighted by Gasteiger charge is -2.35. The van der Waals surface area contributed by atoms with Crippen LogP contribution in [-0.4, -0.2) is 67.4 Å². The van der Waals surface area contributed by atoms with Gasteiger partial charge in [-0.05, 0) is 81.5 Å². The summed E-state index contributed by atoms with van der Waals surface area (Å²) in [6, 6.07) is 6.56. The van der Waals surface area contributed by atoms with E-state index in [2.05, 4.69) is 17.1 Å². The van der Waals surface area contributed by atoms with Crippen LogP contribution < -0.4 is 19.7 Å². The largest absolute Gasteiger partial charge is 0.488 e. The molecule has 41 heavy (non-hydrogen) atoms. The van der Waals surface area contributed by atoms with Crippen LogP contribution in [0.3, 0.4) is 0 Å². The maximum Gasteiger partial charge on any atom is 0.257 e. The van der Waals surface area contributed by atoms with Crippen LogP contribution in [0.25, 0.3) is 11.0 Å². The number of aryl methyl sites for hydroxylation is 1. The van der Waals surface area contributed by atoms with Crippen LogP contribution in [0.15, 0.2) is 24.3 Å². The minimum Gasteiger partial charge on any atom is -0.488 e. The molecule has 2 fully saturated rings. The van der Waals surface area contributed by atoms with Crippen molar-refractivity contribution in [3.63, 3.8) is 0 Å². The Kier molecular flexibility index (Phi) is 8.42. The average Bonchev–Trinajstić information content (AvgIpc) is 3.41. The first kappa shape index (κ1) is 27.9. The molecule has 0 spiro atoms. The number of methoxy groups -OCH3 is 1. The Balaban J connectivity index is 1.20. The van der Waals surface area contributed by atoms with Gasteiger partial charge in [0.15, 0.2) is 17.4 Å². The molecule has 6 rings (SSSR count). The van der Waals surface area contributed by atoms with E-state index in [1.807, 2.05) is 11.0 Å². The zero-order valence-corrected chi connectivity index (χ0v) is 24.2. The molecule has 2 aromatic heterocycles. The lowest BCUT2D eigenvalue weighted by atomic mass is 9.93. The second kappa shape index (κ2) is 12.3. The summed E-state index contributed by atoms with van der Waals surface area (Å²) in [7, 11) is 1.63. The molecule has 9 heteroatoms. The van der Waals surface area contributed by atoms with Crippen LogP contribution >= 0.6 is 0 Å². The highest BCUT2D eigenvalue weighted by Gasteiger charge is 2.27. The van der Waals surface area contributed by atoms with Crippen molar-refractivity contribution in [3.8, 4) is 11.6 Å². The van der Waals surface area contributed by atoms with Crippen LogP contribution in [0.4, 0.5) is 20.2 Å². The highest BCUT2D eigenvalue weighted by atomic mass is 19.2. The topological polar surface area (TPSA) is 62.8 Å². The van der Waals surface area contributed by atoms with Crippen LogP contribution in [0.5, 0.6) is 11.6 Å². The first-order valence-electron chi connectivity index (χ1n) is 15.2. The molecule has 3 aromatic rings. The summed E-state index contributed by atoms with van der Waals surface area (Å²) < 4.78 is 40.1. The number of rotatable bonds is 9. The molecular weight excluding hydrogens is 524 g/mol. The van der Waals surface area contributed by atoms with Gasteiger partial charge in [-0.3, -0.25) is 4.98 Å². The van der Waals surface area contributed by atoms with Crippen molar-refractivity contribution in [3.05, 3.63) is 47.2 Å². The number of nitrogens with zero attached hydrogens (tertiary/aromatic N) is 4. The molecule has 0 radical (unpaired) electrons. The van der Waals surface area contributed by atoms with E-state index in [9.17, 15) is 8.78 Å². The number of benzene rings is 1. The quantitative estimate of drug-likeness (QED) is 0.320. The number of hydrogen-bond donors (Lipinski definition) is 1. The molecule has 0 bridgehead atoms. The van der Waals surface area contributed by atoms with Crippen molar-refractivity contribution in [1.29, 1.82) is 0 Å². The number of likely N-dealkylation sites (tertiary alicyclic amines) is 1. The third kappa shape index (κ3) is 6.05. The van der Waals surface area contributed by atoms with Crippen molar-refractivity contribution >= 4 is 22.4 Å². The Hall–Kier alpha value is -3.20. The van der Waals surface area contributed by atoms with E-state index in [-0.39, 0.29) is 6.04 Å². The standard InChI is InChI=1S/C32H41F2N5O2/c1-21-11-15-38(20-21)14-6-18-41-28-19-26-31(37-32(28)40-2)30(23-7-3-4-9-25(23)36-26)35-22-12-16-39(17-13-22)27-10-5-8-24(33)29(27)34/h5,8,10,19,21-22H,3-4,6-7,9,11-18,20H2,1-2H3,(H,35,36). The molecule has 4 heterocycles. The molecule has 220 valence electrons. The van der Waals surface area contributed by atoms with Crippen molar-refractivity contribution in [2.75, 3.05) is 56.7 Å². The molecule has 1 atom stereocenters. The summed E-state index contributed by atoms with van der Waals surface area (Å²) in [6.07, 6.45) is 8.02. The van der Waals surface area contributed by atoms with E-state index in [1.165, 1.54) is 25.1 Å². The van der Waals surface area contributed by atoms with E-state index in [0.29, 0.717) is 37.0 Å². The Morgan fingerprint density at radius 1 is 1.05 bits per heavy atom. The van der Waals surface area contributed by atoms with Gasteiger partial charge in [-0.2, -0.15) is 0 Å². The molecule has 1 unspecified atom stereocenters. The van der Waals surface area contributed by atoms with E-state index >= 15 is 0 Å². The Bertz CT molecular complexity index is 1380. The molecule has 2 aliphatic heterocycles. The minimum absolute atomic E-state index is 0.191. The van der Waals surface area contributed by atoms with Gasteiger partial charge in [0.2, 0.25) is 0 Å². The van der Waals surface area contributed by atoms with Gasteiger partial charge in [-0.15, -0.1) is 0 Å². The van der Waals surface area contributed by atoms with E-state index in [4.69, 9.17) is 19.4 Å². The molecule has 0 saturated carbocycles. The second-order valence-electron chi connectivity index (χ2n) is 11.9. The van der Waals surface area contributed by atoms with Crippen LogP contribution in [-0.2, 0) is 12.8 Å². The van der Waals surface area contributed by atoms with Gasteiger partial charge in [0.1, 0.15) is 5.52 Å².